The molecule has 1 N–H and O–H groups in total. The van der Waals surface area contributed by atoms with Gasteiger partial charge in [-0.05, 0) is 12.8 Å². The second-order valence-corrected chi connectivity index (χ2v) is 2.66. The molecule has 1 aliphatic rings. The molecule has 70 valence electrons. The van der Waals surface area contributed by atoms with E-state index in [1.165, 1.54) is 0 Å². The number of nitrogens with one attached hydrogen (secondary N) is 1. The molecule has 0 aromatic rings. The van der Waals surface area contributed by atoms with Crippen LogP contribution in [0.1, 0.15) is 19.3 Å². The number of halogens is 1. The summed E-state index contributed by atoms with van der Waals surface area (Å²) < 4.78 is 0. The quantitative estimate of drug-likeness (QED) is 0.380. The fourth-order valence-electron chi connectivity index (χ4n) is 1.16. The van der Waals surface area contributed by atoms with Crippen LogP contribution in [0.25, 0.3) is 0 Å². The smallest absolute Gasteiger partial charge is 1.00 e. The Kier molecular flexibility index (Phi) is 9.12. The molecule has 4 nitrogen and oxygen atoms in total. The fraction of sp³-hybridized carbons (Fsp3) is 0.714. The molecule has 0 aliphatic carbocycles. The molecule has 1 amide bonds. The zero-order valence-electron chi connectivity index (χ0n) is 7.22. The molecular formula is C7H10BrMgNO3. The summed E-state index contributed by atoms with van der Waals surface area (Å²) in [4.78, 5) is 21.3. The normalized spacial score (nSPS) is 21.5. The van der Waals surface area contributed by atoms with Crippen LogP contribution in [0.4, 0.5) is 0 Å². The molecule has 1 fully saturated rings. The van der Waals surface area contributed by atoms with Crippen molar-refractivity contribution in [2.75, 3.05) is 6.54 Å². The molecule has 0 radical (unpaired) electrons. The van der Waals surface area contributed by atoms with Gasteiger partial charge in [0, 0.05) is 6.54 Å². The first-order chi connectivity index (χ1) is 5.22. The van der Waals surface area contributed by atoms with Crippen molar-refractivity contribution in [1.82, 2.24) is 5.32 Å². The molecule has 1 unspecified atom stereocenters. The number of aliphatic carboxylic acids is 1. The molecule has 0 aromatic heterocycles. The van der Waals surface area contributed by atoms with Crippen molar-refractivity contribution in [2.24, 2.45) is 5.92 Å². The predicted molar refractivity (Wildman–Crippen MR) is 41.1 cm³/mol. The summed E-state index contributed by atoms with van der Waals surface area (Å²) in [6.07, 6.45) is 2.04. The van der Waals surface area contributed by atoms with Gasteiger partial charge in [-0.2, -0.15) is 0 Å². The van der Waals surface area contributed by atoms with Crippen LogP contribution in [0.3, 0.4) is 0 Å². The third-order valence-electron chi connectivity index (χ3n) is 1.82. The Morgan fingerprint density at radius 2 is 2.08 bits per heavy atom. The Hall–Kier alpha value is 0.186. The second kappa shape index (κ2) is 7.58. The van der Waals surface area contributed by atoms with E-state index in [1.54, 1.807) is 0 Å². The van der Waals surface area contributed by atoms with Crippen LogP contribution in [0.2, 0.25) is 0 Å². The minimum absolute atomic E-state index is 0. The molecule has 1 rings (SSSR count). The van der Waals surface area contributed by atoms with E-state index in [-0.39, 0.29) is 40.0 Å². The van der Waals surface area contributed by atoms with Gasteiger partial charge in [-0.3, -0.25) is 4.79 Å². The zero-order valence-corrected chi connectivity index (χ0v) is 10.2. The summed E-state index contributed by atoms with van der Waals surface area (Å²) in [6, 6.07) is 0. The second-order valence-electron chi connectivity index (χ2n) is 2.66. The number of carbonyl (C=O) groups excluding carboxylic acids is 2. The number of carboxylic acid groups (broad SMARTS) is 1. The van der Waals surface area contributed by atoms with E-state index >= 15 is 0 Å². The van der Waals surface area contributed by atoms with Gasteiger partial charge >= 0.3 is 23.1 Å². The van der Waals surface area contributed by atoms with Crippen molar-refractivity contribution >= 4 is 34.9 Å². The van der Waals surface area contributed by atoms with Gasteiger partial charge < -0.3 is 32.2 Å². The monoisotopic (exact) mass is 259 g/mol. The van der Waals surface area contributed by atoms with Gasteiger partial charge in [-0.1, -0.05) is 6.42 Å². The molecule has 1 heterocycles. The van der Waals surface area contributed by atoms with E-state index in [1.807, 2.05) is 0 Å². The average Bonchev–Trinajstić information content (AvgIpc) is 2.13. The van der Waals surface area contributed by atoms with E-state index in [2.05, 4.69) is 5.32 Å². The summed E-state index contributed by atoms with van der Waals surface area (Å²) >= 11 is 0. The van der Waals surface area contributed by atoms with Crippen LogP contribution >= 0.6 is 0 Å². The first-order valence-electron chi connectivity index (χ1n) is 3.70. The predicted octanol–water partition coefficient (Wildman–Crippen LogP) is -4.72. The number of hydrogen-bond donors (Lipinski definition) is 1. The Morgan fingerprint density at radius 3 is 2.62 bits per heavy atom. The summed E-state index contributed by atoms with van der Waals surface area (Å²) in [5, 5.41) is 12.9. The van der Waals surface area contributed by atoms with Crippen molar-refractivity contribution in [3.8, 4) is 0 Å². The van der Waals surface area contributed by atoms with E-state index in [0.29, 0.717) is 13.0 Å². The minimum atomic E-state index is -1.26. The van der Waals surface area contributed by atoms with Crippen LogP contribution in [0.15, 0.2) is 0 Å². The maximum atomic E-state index is 10.9. The molecule has 0 bridgehead atoms. The van der Waals surface area contributed by atoms with E-state index < -0.39 is 17.8 Å². The molecule has 0 aromatic carbocycles. The van der Waals surface area contributed by atoms with Crippen molar-refractivity contribution in [3.05, 3.63) is 0 Å². The molecule has 0 spiro atoms. The van der Waals surface area contributed by atoms with Gasteiger partial charge in [-0.15, -0.1) is 0 Å². The van der Waals surface area contributed by atoms with Crippen LogP contribution < -0.4 is 27.4 Å². The van der Waals surface area contributed by atoms with Crippen LogP contribution in [0.5, 0.6) is 0 Å². The Balaban J connectivity index is 0. The number of carbonyl (C=O) groups is 2. The standard InChI is InChI=1S/C7H11NO3.BrH.Mg/c9-6-5(7(10)11)3-1-2-4-8-6;;/h5H,1-4H2,(H,8,9)(H,10,11);1H;/q;;+2/p-2. The van der Waals surface area contributed by atoms with Crippen LogP contribution in [-0.2, 0) is 9.59 Å². The fourth-order valence-corrected chi connectivity index (χ4v) is 1.16. The first kappa shape index (κ1) is 15.6. The minimum Gasteiger partial charge on any atom is -1.00 e. The van der Waals surface area contributed by atoms with Gasteiger partial charge in [-0.25, -0.2) is 0 Å². The molecule has 13 heavy (non-hydrogen) atoms. The van der Waals surface area contributed by atoms with Gasteiger partial charge in [0.1, 0.15) is 0 Å². The maximum Gasteiger partial charge on any atom is 2.00 e. The van der Waals surface area contributed by atoms with Crippen molar-refractivity contribution < 1.29 is 31.7 Å². The van der Waals surface area contributed by atoms with Gasteiger partial charge in [0.2, 0.25) is 5.91 Å². The summed E-state index contributed by atoms with van der Waals surface area (Å²) in [5.41, 5.74) is 0. The maximum absolute atomic E-state index is 10.9. The third kappa shape index (κ3) is 4.83. The number of carboxylic acids is 1. The van der Waals surface area contributed by atoms with Gasteiger partial charge in [0.25, 0.3) is 0 Å². The summed E-state index contributed by atoms with van der Waals surface area (Å²) in [6.45, 7) is 0.586. The Morgan fingerprint density at radius 1 is 1.46 bits per heavy atom. The number of hydrogen-bond acceptors (Lipinski definition) is 3. The number of amides is 1. The molecule has 0 saturated carbocycles. The summed E-state index contributed by atoms with van der Waals surface area (Å²) in [7, 11) is 0. The van der Waals surface area contributed by atoms with Crippen LogP contribution in [0, 0.1) is 5.92 Å². The molecule has 1 atom stereocenters. The van der Waals surface area contributed by atoms with Crippen molar-refractivity contribution in [1.29, 1.82) is 0 Å². The SMILES string of the molecule is O=C([O-])C1CCCCNC1=O.[Br-].[Mg+2]. The Bertz CT molecular complexity index is 189. The average molecular weight is 260 g/mol. The molecule has 1 saturated heterocycles. The molecule has 6 heteroatoms. The molecule has 1 aliphatic heterocycles. The number of rotatable bonds is 1. The van der Waals surface area contributed by atoms with E-state index in [0.717, 1.165) is 12.8 Å². The van der Waals surface area contributed by atoms with Crippen LogP contribution in [-0.4, -0.2) is 41.5 Å². The van der Waals surface area contributed by atoms with Crippen molar-refractivity contribution in [3.63, 3.8) is 0 Å². The third-order valence-corrected chi connectivity index (χ3v) is 1.82. The first-order valence-corrected chi connectivity index (χ1v) is 3.70. The van der Waals surface area contributed by atoms with Gasteiger partial charge in [0.15, 0.2) is 0 Å². The zero-order chi connectivity index (χ0) is 8.27. The topological polar surface area (TPSA) is 69.2 Å². The van der Waals surface area contributed by atoms with Crippen molar-refractivity contribution in [2.45, 2.75) is 19.3 Å². The van der Waals surface area contributed by atoms with E-state index in [4.69, 9.17) is 0 Å². The van der Waals surface area contributed by atoms with Gasteiger partial charge in [0.05, 0.1) is 11.9 Å². The summed E-state index contributed by atoms with van der Waals surface area (Å²) in [5.74, 6) is -2.59. The Labute approximate surface area is 103 Å². The van der Waals surface area contributed by atoms with E-state index in [9.17, 15) is 14.7 Å². The molecular weight excluding hydrogens is 250 g/mol. The largest absolute Gasteiger partial charge is 2.00 e.